The highest BCUT2D eigenvalue weighted by Gasteiger charge is 2.18. The van der Waals surface area contributed by atoms with Crippen LogP contribution in [0, 0.1) is 16.7 Å². The molecule has 1 aromatic carbocycles. The first-order valence-corrected chi connectivity index (χ1v) is 13.3. The number of ketones is 1. The number of unbranched alkanes of at least 4 members (excludes halogenated alkanes) is 2. The normalized spacial score (nSPS) is 12.9. The van der Waals surface area contributed by atoms with E-state index in [1.54, 1.807) is 6.92 Å². The third-order valence-electron chi connectivity index (χ3n) is 6.14. The number of nitrogens with zero attached hydrogens (tertiary/aromatic N) is 1. The molecule has 0 aliphatic carbocycles. The molecule has 0 heterocycles. The molecular formula is C31H52N2O3. The lowest BCUT2D eigenvalue weighted by molar-refractivity contribution is -0.116. The number of aryl methyl sites for hydroxylation is 1. The average Bonchev–Trinajstić information content (AvgIpc) is 2.88. The maximum atomic E-state index is 10.6. The molecule has 0 aliphatic rings. The first-order chi connectivity index (χ1) is 17.1. The molecule has 3 atom stereocenters. The Balaban J connectivity index is 0. The molecule has 0 amide bonds. The molecule has 36 heavy (non-hydrogen) atoms. The molecular weight excluding hydrogens is 448 g/mol. The second-order valence-corrected chi connectivity index (χ2v) is 9.87. The maximum Gasteiger partial charge on any atom is 0.130 e. The van der Waals surface area contributed by atoms with Crippen LogP contribution < -0.4 is 5.32 Å². The van der Waals surface area contributed by atoms with Gasteiger partial charge in [-0.05, 0) is 62.5 Å². The van der Waals surface area contributed by atoms with E-state index in [1.807, 2.05) is 43.3 Å². The van der Waals surface area contributed by atoms with Crippen LogP contribution in [0.5, 0.6) is 0 Å². The lowest BCUT2D eigenvalue weighted by atomic mass is 9.85. The van der Waals surface area contributed by atoms with Gasteiger partial charge in [0.05, 0.1) is 12.2 Å². The number of allylic oxidation sites excluding steroid dienone is 1. The fraction of sp³-hybridized carbons (Fsp3) is 0.613. The number of Topliss-reactive ketones (excluding diaryl/α,β-unsaturated/α-hetero) is 1. The zero-order valence-corrected chi connectivity index (χ0v) is 23.5. The first kappa shape index (κ1) is 35.9. The van der Waals surface area contributed by atoms with Gasteiger partial charge in [-0.15, -0.1) is 6.58 Å². The van der Waals surface area contributed by atoms with Gasteiger partial charge in [-0.2, -0.15) is 5.26 Å². The minimum Gasteiger partial charge on any atom is -0.392 e. The molecule has 1 aromatic rings. The van der Waals surface area contributed by atoms with Crippen LogP contribution >= 0.6 is 0 Å². The van der Waals surface area contributed by atoms with Gasteiger partial charge in [-0.1, -0.05) is 83.5 Å². The summed E-state index contributed by atoms with van der Waals surface area (Å²) in [5, 5.41) is 30.4. The van der Waals surface area contributed by atoms with Crippen molar-refractivity contribution in [1.29, 1.82) is 5.26 Å². The van der Waals surface area contributed by atoms with Crippen molar-refractivity contribution in [3.05, 3.63) is 61.2 Å². The fourth-order valence-corrected chi connectivity index (χ4v) is 3.15. The van der Waals surface area contributed by atoms with Gasteiger partial charge in [0.15, 0.2) is 0 Å². The maximum absolute atomic E-state index is 10.6. The molecule has 0 fully saturated rings. The third-order valence-corrected chi connectivity index (χ3v) is 6.14. The van der Waals surface area contributed by atoms with Gasteiger partial charge in [0.1, 0.15) is 12.0 Å². The van der Waals surface area contributed by atoms with Crippen molar-refractivity contribution in [3.8, 4) is 6.07 Å². The standard InChI is InChI=1S/C13H25NO2.C10H12O.C8H15N/c1-4-7-8-9-10-11(12(15)5-2)14-13(16)6-3;1-9(11)7-8-10-5-3-2-4-6-10;1-4-8(2,3)6-5-7-9/h4,6,11-16H,1,3,5,7-10H2,2H3;2-6H,7-8H2,1H3;4-6H2,1-3H3. The largest absolute Gasteiger partial charge is 0.392 e. The molecule has 1 rings (SSSR count). The van der Waals surface area contributed by atoms with Gasteiger partial charge in [-0.25, -0.2) is 0 Å². The Morgan fingerprint density at radius 1 is 1.17 bits per heavy atom. The molecule has 3 unspecified atom stereocenters. The van der Waals surface area contributed by atoms with Crippen molar-refractivity contribution >= 4 is 5.78 Å². The molecule has 0 spiro atoms. The summed E-state index contributed by atoms with van der Waals surface area (Å²) in [5.74, 6) is 0.258. The Morgan fingerprint density at radius 3 is 2.28 bits per heavy atom. The van der Waals surface area contributed by atoms with Crippen molar-refractivity contribution in [2.24, 2.45) is 5.41 Å². The van der Waals surface area contributed by atoms with Crippen LogP contribution in [0.15, 0.2) is 55.6 Å². The Bertz CT molecular complexity index is 725. The van der Waals surface area contributed by atoms with Gasteiger partial charge in [0.25, 0.3) is 0 Å². The number of aliphatic hydroxyl groups excluding tert-OH is 2. The number of nitriles is 1. The monoisotopic (exact) mass is 500 g/mol. The molecule has 5 nitrogen and oxygen atoms in total. The van der Waals surface area contributed by atoms with Crippen LogP contribution in [0.2, 0.25) is 0 Å². The Kier molecular flexibility index (Phi) is 23.1. The van der Waals surface area contributed by atoms with E-state index in [1.165, 1.54) is 11.6 Å². The van der Waals surface area contributed by atoms with E-state index >= 15 is 0 Å². The van der Waals surface area contributed by atoms with Crippen LogP contribution in [0.1, 0.15) is 98.0 Å². The summed E-state index contributed by atoms with van der Waals surface area (Å²) in [4.78, 5) is 10.6. The second-order valence-electron chi connectivity index (χ2n) is 9.87. The molecule has 3 N–H and O–H groups in total. The zero-order valence-electron chi connectivity index (χ0n) is 23.5. The third kappa shape index (κ3) is 22.2. The number of carbonyl (C=O) groups excluding carboxylic acids is 1. The highest BCUT2D eigenvalue weighted by atomic mass is 16.3. The van der Waals surface area contributed by atoms with Gasteiger partial charge in [-0.3, -0.25) is 5.32 Å². The van der Waals surface area contributed by atoms with E-state index in [2.05, 4.69) is 45.3 Å². The fourth-order valence-electron chi connectivity index (χ4n) is 3.15. The predicted molar refractivity (Wildman–Crippen MR) is 152 cm³/mol. The number of carbonyl (C=O) groups is 1. The van der Waals surface area contributed by atoms with Crippen LogP contribution in [-0.2, 0) is 11.2 Å². The number of hydrogen-bond acceptors (Lipinski definition) is 5. The summed E-state index contributed by atoms with van der Waals surface area (Å²) >= 11 is 0. The summed E-state index contributed by atoms with van der Waals surface area (Å²) in [7, 11) is 0. The Morgan fingerprint density at radius 2 is 1.81 bits per heavy atom. The zero-order chi connectivity index (χ0) is 27.8. The average molecular weight is 501 g/mol. The summed E-state index contributed by atoms with van der Waals surface area (Å²) < 4.78 is 0. The minimum absolute atomic E-state index is 0.0668. The van der Waals surface area contributed by atoms with Crippen molar-refractivity contribution < 1.29 is 15.0 Å². The van der Waals surface area contributed by atoms with Crippen LogP contribution in [0.4, 0.5) is 0 Å². The van der Waals surface area contributed by atoms with E-state index in [0.29, 0.717) is 24.7 Å². The van der Waals surface area contributed by atoms with E-state index < -0.39 is 12.3 Å². The molecule has 0 aromatic heterocycles. The highest BCUT2D eigenvalue weighted by molar-refractivity contribution is 5.75. The minimum atomic E-state index is -0.745. The molecule has 0 saturated carbocycles. The molecule has 204 valence electrons. The van der Waals surface area contributed by atoms with Crippen molar-refractivity contribution in [2.45, 2.75) is 117 Å². The summed E-state index contributed by atoms with van der Waals surface area (Å²) in [6, 6.07) is 12.2. The van der Waals surface area contributed by atoms with Gasteiger partial charge >= 0.3 is 0 Å². The highest BCUT2D eigenvalue weighted by Crippen LogP contribution is 2.25. The van der Waals surface area contributed by atoms with Crippen LogP contribution in [-0.4, -0.2) is 34.4 Å². The summed E-state index contributed by atoms with van der Waals surface area (Å²) in [5.41, 5.74) is 1.61. The van der Waals surface area contributed by atoms with E-state index in [4.69, 9.17) is 5.26 Å². The summed E-state index contributed by atoms with van der Waals surface area (Å²) in [6.45, 7) is 17.3. The number of nitrogens with one attached hydrogen (secondary N) is 1. The molecule has 0 aliphatic heterocycles. The first-order valence-electron chi connectivity index (χ1n) is 13.3. The van der Waals surface area contributed by atoms with Crippen LogP contribution in [0.3, 0.4) is 0 Å². The van der Waals surface area contributed by atoms with Crippen molar-refractivity contribution in [1.82, 2.24) is 5.32 Å². The van der Waals surface area contributed by atoms with E-state index in [9.17, 15) is 15.0 Å². The number of hydrogen-bond donors (Lipinski definition) is 3. The molecule has 0 bridgehead atoms. The number of rotatable bonds is 16. The summed E-state index contributed by atoms with van der Waals surface area (Å²) in [6.07, 6.45) is 11.2. The van der Waals surface area contributed by atoms with Gasteiger partial charge < -0.3 is 15.0 Å². The van der Waals surface area contributed by atoms with Gasteiger partial charge in [0, 0.05) is 18.9 Å². The van der Waals surface area contributed by atoms with Crippen LogP contribution in [0.25, 0.3) is 0 Å². The Labute approximate surface area is 221 Å². The quantitative estimate of drug-likeness (QED) is 0.130. The Hall–Kier alpha value is -2.26. The lowest BCUT2D eigenvalue weighted by Crippen LogP contribution is -2.44. The molecule has 5 heteroatoms. The topological polar surface area (TPSA) is 93.3 Å². The molecule has 0 saturated heterocycles. The SMILES string of the molecule is C=CCCCCC(NC(O)C=C)C(O)CC.CC(=O)CCc1ccccc1.CCC(C)(C)CCC#N. The van der Waals surface area contributed by atoms with Gasteiger partial charge in [0.2, 0.25) is 0 Å². The van der Waals surface area contributed by atoms with Crippen molar-refractivity contribution in [3.63, 3.8) is 0 Å². The lowest BCUT2D eigenvalue weighted by Gasteiger charge is -2.25. The second kappa shape index (κ2) is 23.2. The van der Waals surface area contributed by atoms with E-state index in [0.717, 1.165) is 44.9 Å². The number of benzene rings is 1. The smallest absolute Gasteiger partial charge is 0.130 e. The molecule has 0 radical (unpaired) electrons. The number of aliphatic hydroxyl groups is 2. The predicted octanol–water partition coefficient (Wildman–Crippen LogP) is 6.90. The van der Waals surface area contributed by atoms with Crippen molar-refractivity contribution in [2.75, 3.05) is 0 Å². The van der Waals surface area contributed by atoms with E-state index in [-0.39, 0.29) is 11.8 Å².